The van der Waals surface area contributed by atoms with E-state index in [9.17, 15) is 4.79 Å². The largest absolute Gasteiger partial charge is 0.335 e. The minimum Gasteiger partial charge on any atom is -0.335 e. The first-order valence-electron chi connectivity index (χ1n) is 9.17. The molecule has 0 radical (unpaired) electrons. The van der Waals surface area contributed by atoms with Crippen molar-refractivity contribution in [2.45, 2.75) is 6.92 Å². The van der Waals surface area contributed by atoms with Crippen LogP contribution in [-0.2, 0) is 7.05 Å². The lowest BCUT2D eigenvalue weighted by atomic mass is 10.0. The molecule has 8 nitrogen and oxygen atoms in total. The first-order chi connectivity index (χ1) is 14.6. The van der Waals surface area contributed by atoms with E-state index in [1.807, 2.05) is 50.5 Å². The van der Waals surface area contributed by atoms with E-state index in [-0.39, 0.29) is 5.91 Å². The highest BCUT2D eigenvalue weighted by molar-refractivity contribution is 7.13. The molecule has 5 aromatic rings. The van der Waals surface area contributed by atoms with Crippen LogP contribution < -0.4 is 5.32 Å². The molecule has 0 unspecified atom stereocenters. The number of nitrogens with zero attached hydrogens (tertiary/aromatic N) is 5. The number of rotatable bonds is 4. The third-order valence-corrected chi connectivity index (χ3v) is 5.37. The average Bonchev–Trinajstić information content (AvgIpc) is 3.48. The molecule has 0 spiro atoms. The summed E-state index contributed by atoms with van der Waals surface area (Å²) in [6.07, 6.45) is 3.50. The fourth-order valence-electron chi connectivity index (χ4n) is 3.36. The number of fused-ring (bicyclic) bond motifs is 1. The summed E-state index contributed by atoms with van der Waals surface area (Å²) in [4.78, 5) is 22.0. The van der Waals surface area contributed by atoms with Crippen molar-refractivity contribution in [3.05, 3.63) is 65.4 Å². The molecule has 4 aromatic heterocycles. The molecule has 9 heteroatoms. The van der Waals surface area contributed by atoms with E-state index in [4.69, 9.17) is 4.52 Å². The Labute approximate surface area is 175 Å². The van der Waals surface area contributed by atoms with Crippen molar-refractivity contribution in [2.75, 3.05) is 5.32 Å². The Morgan fingerprint density at radius 3 is 2.77 bits per heavy atom. The van der Waals surface area contributed by atoms with E-state index < -0.39 is 0 Å². The topological polar surface area (TPSA) is 98.7 Å². The summed E-state index contributed by atoms with van der Waals surface area (Å²) in [5.74, 6) is -0.305. The number of nitrogens with one attached hydrogen (secondary N) is 1. The van der Waals surface area contributed by atoms with Crippen LogP contribution >= 0.6 is 11.3 Å². The fraction of sp³-hybridized carbons (Fsp3) is 0.0952. The molecule has 1 aromatic carbocycles. The number of benzene rings is 1. The van der Waals surface area contributed by atoms with Gasteiger partial charge in [-0.05, 0) is 13.0 Å². The number of thiazole rings is 1. The number of pyridine rings is 1. The third kappa shape index (κ3) is 3.15. The van der Waals surface area contributed by atoms with Gasteiger partial charge in [-0.2, -0.15) is 5.10 Å². The van der Waals surface area contributed by atoms with Gasteiger partial charge in [0.25, 0.3) is 11.6 Å². The van der Waals surface area contributed by atoms with Crippen molar-refractivity contribution in [2.24, 2.45) is 7.05 Å². The molecule has 0 aliphatic carbocycles. The molecule has 0 saturated carbocycles. The van der Waals surface area contributed by atoms with E-state index in [1.54, 1.807) is 22.3 Å². The Kier molecular flexibility index (Phi) is 4.36. The summed E-state index contributed by atoms with van der Waals surface area (Å²) in [7, 11) is 1.84. The highest BCUT2D eigenvalue weighted by Crippen LogP contribution is 2.33. The van der Waals surface area contributed by atoms with Crippen LogP contribution in [0.2, 0.25) is 0 Å². The molecule has 0 fully saturated rings. The second kappa shape index (κ2) is 7.20. The van der Waals surface area contributed by atoms with Crippen molar-refractivity contribution in [3.8, 4) is 22.5 Å². The van der Waals surface area contributed by atoms with Gasteiger partial charge in [-0.1, -0.05) is 35.5 Å². The molecule has 0 atom stereocenters. The van der Waals surface area contributed by atoms with Crippen molar-refractivity contribution in [1.82, 2.24) is 24.9 Å². The SMILES string of the molecule is Cc1nn(C)cc1-c1cc(C(=O)Nc2nccs2)c2c(-c3ccccc3)noc2n1. The Bertz CT molecular complexity index is 1360. The lowest BCUT2D eigenvalue weighted by Gasteiger charge is -2.07. The molecule has 0 aliphatic rings. The minimum absolute atomic E-state index is 0.291. The van der Waals surface area contributed by atoms with E-state index in [0.29, 0.717) is 33.2 Å². The van der Waals surface area contributed by atoms with Gasteiger partial charge in [-0.25, -0.2) is 9.97 Å². The predicted molar refractivity (Wildman–Crippen MR) is 114 cm³/mol. The number of hydrogen-bond donors (Lipinski definition) is 1. The number of amides is 1. The lowest BCUT2D eigenvalue weighted by Crippen LogP contribution is -2.13. The average molecular weight is 416 g/mol. The zero-order valence-electron chi connectivity index (χ0n) is 16.2. The summed E-state index contributed by atoms with van der Waals surface area (Å²) < 4.78 is 7.27. The summed E-state index contributed by atoms with van der Waals surface area (Å²) >= 11 is 1.35. The van der Waals surface area contributed by atoms with Crippen LogP contribution in [0.3, 0.4) is 0 Å². The maximum absolute atomic E-state index is 13.2. The smallest absolute Gasteiger partial charge is 0.259 e. The van der Waals surface area contributed by atoms with Gasteiger partial charge < -0.3 is 4.52 Å². The molecule has 0 aliphatic heterocycles. The highest BCUT2D eigenvalue weighted by Gasteiger charge is 2.23. The quantitative estimate of drug-likeness (QED) is 0.469. The molecular formula is C21H16N6O2S. The second-order valence-corrected chi connectivity index (χ2v) is 7.62. The Balaban J connectivity index is 1.73. The predicted octanol–water partition coefficient (Wildman–Crippen LogP) is 4.31. The number of hydrogen-bond acceptors (Lipinski definition) is 7. The molecule has 30 heavy (non-hydrogen) atoms. The van der Waals surface area contributed by atoms with Gasteiger partial charge in [0.15, 0.2) is 5.13 Å². The Hall–Kier alpha value is -3.85. The van der Waals surface area contributed by atoms with Gasteiger partial charge >= 0.3 is 0 Å². The molecule has 148 valence electrons. The summed E-state index contributed by atoms with van der Waals surface area (Å²) in [6.45, 7) is 1.90. The van der Waals surface area contributed by atoms with E-state index in [1.165, 1.54) is 11.3 Å². The van der Waals surface area contributed by atoms with Gasteiger partial charge in [0.1, 0.15) is 5.69 Å². The normalized spacial score (nSPS) is 11.1. The molecular weight excluding hydrogens is 400 g/mol. The highest BCUT2D eigenvalue weighted by atomic mass is 32.1. The molecule has 5 rings (SSSR count). The van der Waals surface area contributed by atoms with Crippen LogP contribution in [0.4, 0.5) is 5.13 Å². The zero-order valence-corrected chi connectivity index (χ0v) is 17.0. The van der Waals surface area contributed by atoms with Gasteiger partial charge in [0.05, 0.1) is 22.3 Å². The van der Waals surface area contributed by atoms with Crippen LogP contribution in [0.25, 0.3) is 33.6 Å². The van der Waals surface area contributed by atoms with Crippen LogP contribution in [0.1, 0.15) is 16.1 Å². The van der Waals surface area contributed by atoms with Gasteiger partial charge in [0.2, 0.25) is 0 Å². The molecule has 4 heterocycles. The summed E-state index contributed by atoms with van der Waals surface area (Å²) in [6, 6.07) is 11.3. The first kappa shape index (κ1) is 18.2. The van der Waals surface area contributed by atoms with E-state index >= 15 is 0 Å². The summed E-state index contributed by atoms with van der Waals surface area (Å²) in [5.41, 5.74) is 4.32. The summed E-state index contributed by atoms with van der Waals surface area (Å²) in [5, 5.41) is 14.3. The minimum atomic E-state index is -0.305. The lowest BCUT2D eigenvalue weighted by molar-refractivity contribution is 0.102. The fourth-order valence-corrected chi connectivity index (χ4v) is 3.89. The van der Waals surface area contributed by atoms with Crippen molar-refractivity contribution < 1.29 is 9.32 Å². The number of aryl methyl sites for hydroxylation is 2. The van der Waals surface area contributed by atoms with Crippen LogP contribution in [0, 0.1) is 6.92 Å². The van der Waals surface area contributed by atoms with Gasteiger partial charge in [0, 0.05) is 35.9 Å². The monoisotopic (exact) mass is 416 g/mol. The second-order valence-electron chi connectivity index (χ2n) is 6.73. The third-order valence-electron chi connectivity index (χ3n) is 4.68. The van der Waals surface area contributed by atoms with Gasteiger partial charge in [-0.3, -0.25) is 14.8 Å². The maximum Gasteiger partial charge on any atom is 0.259 e. The van der Waals surface area contributed by atoms with E-state index in [2.05, 4.69) is 25.5 Å². The van der Waals surface area contributed by atoms with Crippen molar-refractivity contribution >= 4 is 33.5 Å². The Morgan fingerprint density at radius 1 is 1.23 bits per heavy atom. The Morgan fingerprint density at radius 2 is 2.07 bits per heavy atom. The van der Waals surface area contributed by atoms with E-state index in [0.717, 1.165) is 16.8 Å². The zero-order chi connectivity index (χ0) is 20.7. The number of carbonyl (C=O) groups is 1. The van der Waals surface area contributed by atoms with Crippen LogP contribution in [0.15, 0.2) is 58.7 Å². The molecule has 0 bridgehead atoms. The maximum atomic E-state index is 13.2. The van der Waals surface area contributed by atoms with Crippen molar-refractivity contribution in [1.29, 1.82) is 0 Å². The van der Waals surface area contributed by atoms with Crippen LogP contribution in [-0.4, -0.2) is 30.8 Å². The number of anilines is 1. The van der Waals surface area contributed by atoms with Gasteiger partial charge in [-0.15, -0.1) is 11.3 Å². The molecule has 1 N–H and O–H groups in total. The first-order valence-corrected chi connectivity index (χ1v) is 10.1. The van der Waals surface area contributed by atoms with Crippen LogP contribution in [0.5, 0.6) is 0 Å². The number of carbonyl (C=O) groups excluding carboxylic acids is 1. The standard InChI is InChI=1S/C21H16N6O2S/c1-12-15(11-27(2)25-12)16-10-14(19(28)24-21-22-8-9-30-21)17-18(26-29-20(17)23-16)13-6-4-3-5-7-13/h3-11H,1-2H3,(H,22,24,28). The number of aromatic nitrogens is 5. The molecule has 1 amide bonds. The molecule has 0 saturated heterocycles. The van der Waals surface area contributed by atoms with Crippen molar-refractivity contribution in [3.63, 3.8) is 0 Å².